The van der Waals surface area contributed by atoms with Gasteiger partial charge in [-0.3, -0.25) is 0 Å². The fourth-order valence-corrected chi connectivity index (χ4v) is 2.58. The molecule has 0 N–H and O–H groups in total. The van der Waals surface area contributed by atoms with Gasteiger partial charge in [0.1, 0.15) is 0 Å². The predicted molar refractivity (Wildman–Crippen MR) is 71.7 cm³/mol. The average Bonchev–Trinajstić information content (AvgIpc) is 2.40. The van der Waals surface area contributed by atoms with Gasteiger partial charge in [-0.15, -0.1) is 0 Å². The van der Waals surface area contributed by atoms with Crippen molar-refractivity contribution in [2.24, 2.45) is 0 Å². The first kappa shape index (κ1) is 11.8. The van der Waals surface area contributed by atoms with Gasteiger partial charge in [-0.25, -0.2) is 0 Å². The molecule has 0 bridgehead atoms. The first-order chi connectivity index (χ1) is 8.40. The van der Waals surface area contributed by atoms with Crippen LogP contribution in [0.1, 0.15) is 5.56 Å². The third-order valence-electron chi connectivity index (χ3n) is 2.20. The summed E-state index contributed by atoms with van der Waals surface area (Å²) >= 11 is 0.197. The molecule has 84 valence electrons. The van der Waals surface area contributed by atoms with Crippen molar-refractivity contribution in [3.8, 4) is 16.5 Å². The van der Waals surface area contributed by atoms with Crippen molar-refractivity contribution in [3.05, 3.63) is 60.2 Å². The van der Waals surface area contributed by atoms with Crippen molar-refractivity contribution in [2.45, 2.75) is 0 Å². The third kappa shape index (κ3) is 3.39. The number of benzene rings is 2. The van der Waals surface area contributed by atoms with Gasteiger partial charge in [0.2, 0.25) is 0 Å². The second-order valence-electron chi connectivity index (χ2n) is 3.34. The first-order valence-corrected chi connectivity index (χ1v) is 6.97. The van der Waals surface area contributed by atoms with Crippen LogP contribution < -0.4 is 9.20 Å². The number of rotatable bonds is 2. The van der Waals surface area contributed by atoms with E-state index in [2.05, 4.69) is 22.9 Å². The molecule has 17 heavy (non-hydrogen) atoms. The molecule has 0 aromatic heterocycles. The van der Waals surface area contributed by atoms with E-state index in [0.717, 1.165) is 11.3 Å². The molecule has 2 aromatic rings. The van der Waals surface area contributed by atoms with Crippen LogP contribution in [0.3, 0.4) is 0 Å². The Kier molecular flexibility index (Phi) is 4.27. The van der Waals surface area contributed by atoms with E-state index in [1.807, 2.05) is 42.5 Å². The summed E-state index contributed by atoms with van der Waals surface area (Å²) in [5, 5.41) is 0. The van der Waals surface area contributed by atoms with Gasteiger partial charge in [0.15, 0.2) is 0 Å². The predicted octanol–water partition coefficient (Wildman–Crippen LogP) is 2.03. The molecule has 2 heteroatoms. The van der Waals surface area contributed by atoms with Crippen LogP contribution >= 0.6 is 0 Å². The van der Waals surface area contributed by atoms with E-state index >= 15 is 0 Å². The van der Waals surface area contributed by atoms with Crippen molar-refractivity contribution >= 4 is 19.4 Å². The van der Waals surface area contributed by atoms with Crippen LogP contribution in [-0.4, -0.2) is 22.1 Å². The Morgan fingerprint density at radius 3 is 2.41 bits per heavy atom. The molecule has 0 atom stereocenters. The zero-order valence-corrected chi connectivity index (χ0v) is 11.2. The Morgan fingerprint density at radius 1 is 0.941 bits per heavy atom. The summed E-state index contributed by atoms with van der Waals surface area (Å²) in [4.78, 5) is 3.23. The van der Waals surface area contributed by atoms with Gasteiger partial charge in [-0.2, -0.15) is 0 Å². The quantitative estimate of drug-likeness (QED) is 0.606. The van der Waals surface area contributed by atoms with Gasteiger partial charge < -0.3 is 0 Å². The summed E-state index contributed by atoms with van der Waals surface area (Å²) in [6.45, 7) is 0. The molecule has 0 radical (unpaired) electrons. The van der Waals surface area contributed by atoms with Gasteiger partial charge >= 0.3 is 108 Å². The molecular formula is C15H12OSe. The van der Waals surface area contributed by atoms with E-state index in [1.165, 1.54) is 4.46 Å². The molecule has 0 saturated carbocycles. The molecule has 0 aliphatic heterocycles. The molecule has 0 amide bonds. The van der Waals surface area contributed by atoms with Crippen molar-refractivity contribution in [1.82, 2.24) is 0 Å². The van der Waals surface area contributed by atoms with Crippen molar-refractivity contribution in [2.75, 3.05) is 7.11 Å². The van der Waals surface area contributed by atoms with Crippen LogP contribution in [0, 0.1) is 10.7 Å². The number of hydrogen-bond acceptors (Lipinski definition) is 1. The Morgan fingerprint density at radius 2 is 1.65 bits per heavy atom. The van der Waals surface area contributed by atoms with Crippen LogP contribution in [-0.2, 0) is 0 Å². The molecule has 0 saturated heterocycles. The molecule has 2 rings (SSSR count). The summed E-state index contributed by atoms with van der Waals surface area (Å²) in [7, 11) is 1.67. The topological polar surface area (TPSA) is 9.23 Å². The summed E-state index contributed by atoms with van der Waals surface area (Å²) < 4.78 is 6.55. The zero-order chi connectivity index (χ0) is 11.9. The number of ether oxygens (including phenoxy) is 1. The summed E-state index contributed by atoms with van der Waals surface area (Å²) in [5.41, 5.74) is 0.952. The monoisotopic (exact) mass is 288 g/mol. The van der Waals surface area contributed by atoms with E-state index in [-0.39, 0.29) is 15.0 Å². The van der Waals surface area contributed by atoms with E-state index < -0.39 is 0 Å². The zero-order valence-electron chi connectivity index (χ0n) is 9.51. The van der Waals surface area contributed by atoms with Crippen molar-refractivity contribution in [3.63, 3.8) is 0 Å². The number of methoxy groups -OCH3 is 1. The van der Waals surface area contributed by atoms with Crippen molar-refractivity contribution in [1.29, 1.82) is 0 Å². The summed E-state index contributed by atoms with van der Waals surface area (Å²) in [6.07, 6.45) is 0. The third-order valence-corrected chi connectivity index (χ3v) is 3.70. The Balaban J connectivity index is 2.11. The van der Waals surface area contributed by atoms with E-state index in [1.54, 1.807) is 7.11 Å². The van der Waals surface area contributed by atoms with Gasteiger partial charge in [0.05, 0.1) is 0 Å². The number of hydrogen-bond donors (Lipinski definition) is 0. The number of para-hydroxylation sites is 1. The standard InChI is InChI=1S/C15H12OSe/c1-16-15-10-6-5-7-13(15)11-12-17-14-8-3-2-4-9-14/h2-10H,1H3. The summed E-state index contributed by atoms with van der Waals surface area (Å²) in [6, 6.07) is 18.2. The van der Waals surface area contributed by atoms with Gasteiger partial charge in [0.25, 0.3) is 0 Å². The van der Waals surface area contributed by atoms with Crippen LogP contribution in [0.25, 0.3) is 0 Å². The molecule has 0 heterocycles. The normalized spacial score (nSPS) is 9.24. The van der Waals surface area contributed by atoms with Crippen molar-refractivity contribution < 1.29 is 4.74 Å². The van der Waals surface area contributed by atoms with E-state index in [4.69, 9.17) is 4.74 Å². The fourth-order valence-electron chi connectivity index (χ4n) is 1.38. The molecular weight excluding hydrogens is 275 g/mol. The molecule has 0 fully saturated rings. The van der Waals surface area contributed by atoms with Gasteiger partial charge in [0, 0.05) is 0 Å². The Hall–Kier alpha value is -1.68. The fraction of sp³-hybridized carbons (Fsp3) is 0.0667. The Bertz CT molecular complexity index is 538. The molecule has 0 aliphatic carbocycles. The Labute approximate surface area is 108 Å². The summed E-state index contributed by atoms with van der Waals surface area (Å²) in [5.74, 6) is 4.00. The molecule has 0 aliphatic rings. The maximum atomic E-state index is 5.25. The molecule has 0 unspecified atom stereocenters. The van der Waals surface area contributed by atoms with Gasteiger partial charge in [-0.1, -0.05) is 0 Å². The van der Waals surface area contributed by atoms with Crippen LogP contribution in [0.5, 0.6) is 5.75 Å². The van der Waals surface area contributed by atoms with Crippen LogP contribution in [0.2, 0.25) is 0 Å². The average molecular weight is 287 g/mol. The second-order valence-corrected chi connectivity index (χ2v) is 5.19. The molecule has 2 aromatic carbocycles. The second kappa shape index (κ2) is 6.15. The van der Waals surface area contributed by atoms with Crippen LogP contribution in [0.15, 0.2) is 54.6 Å². The minimum absolute atomic E-state index is 0.197. The molecule has 0 spiro atoms. The maximum absolute atomic E-state index is 5.25. The SMILES string of the molecule is COc1ccccc1C#C[Se]c1ccccc1. The van der Waals surface area contributed by atoms with Crippen LogP contribution in [0.4, 0.5) is 0 Å². The minimum atomic E-state index is 0.197. The first-order valence-electron chi connectivity index (χ1n) is 5.26. The van der Waals surface area contributed by atoms with E-state index in [9.17, 15) is 0 Å². The van der Waals surface area contributed by atoms with Gasteiger partial charge in [-0.05, 0) is 0 Å². The van der Waals surface area contributed by atoms with E-state index in [0.29, 0.717) is 0 Å². The molecule has 1 nitrogen and oxygen atoms in total.